The van der Waals surface area contributed by atoms with Gasteiger partial charge in [0.15, 0.2) is 0 Å². The Hall–Kier alpha value is -0.490. The van der Waals surface area contributed by atoms with Gasteiger partial charge in [-0.1, -0.05) is 0 Å². The highest BCUT2D eigenvalue weighted by Crippen LogP contribution is 2.20. The van der Waals surface area contributed by atoms with E-state index in [0.29, 0.717) is 32.2 Å². The summed E-state index contributed by atoms with van der Waals surface area (Å²) < 4.78 is 10.5. The zero-order valence-electron chi connectivity index (χ0n) is 12.3. The van der Waals surface area contributed by atoms with Gasteiger partial charge in [0.25, 0.3) is 0 Å². The molecular weight excluding hydrogens is 246 g/mol. The van der Waals surface area contributed by atoms with E-state index in [-0.39, 0.29) is 11.9 Å². The molecule has 0 spiro atoms. The number of hydrogen-bond acceptors (Lipinski definition) is 5. The number of β-amino-alcohol motifs (C(OH)–C–C–N with tert-alkyl or cyclic N) is 1. The van der Waals surface area contributed by atoms with Crippen molar-refractivity contribution in [3.63, 3.8) is 0 Å². The Kier molecular flexibility index (Phi) is 7.53. The number of likely N-dealkylation sites (tertiary alicyclic amines) is 1. The number of methoxy groups -OCH3 is 1. The smallest absolute Gasteiger partial charge is 0.131 e. The summed E-state index contributed by atoms with van der Waals surface area (Å²) in [5.74, 6) is 0.219. The van der Waals surface area contributed by atoms with Crippen LogP contribution in [0.2, 0.25) is 0 Å². The topological polar surface area (TPSA) is 59.0 Å². The second-order valence-corrected chi connectivity index (χ2v) is 5.45. The van der Waals surface area contributed by atoms with Crippen molar-refractivity contribution in [2.45, 2.75) is 51.4 Å². The lowest BCUT2D eigenvalue weighted by molar-refractivity contribution is -0.118. The first-order valence-corrected chi connectivity index (χ1v) is 7.05. The van der Waals surface area contributed by atoms with Crippen LogP contribution in [0.15, 0.2) is 0 Å². The normalized spacial score (nSPS) is 23.5. The minimum Gasteiger partial charge on any atom is -0.389 e. The molecule has 0 bridgehead atoms. The number of rotatable bonds is 9. The van der Waals surface area contributed by atoms with Crippen molar-refractivity contribution in [2.24, 2.45) is 0 Å². The number of ether oxygens (including phenoxy) is 2. The highest BCUT2D eigenvalue weighted by molar-refractivity contribution is 5.76. The summed E-state index contributed by atoms with van der Waals surface area (Å²) in [5, 5.41) is 9.99. The Morgan fingerprint density at radius 3 is 2.84 bits per heavy atom. The highest BCUT2D eigenvalue weighted by Gasteiger charge is 2.27. The van der Waals surface area contributed by atoms with E-state index in [1.54, 1.807) is 14.0 Å². The summed E-state index contributed by atoms with van der Waals surface area (Å²) in [6, 6.07) is 0.295. The molecule has 1 rings (SSSR count). The molecule has 1 N–H and O–H groups in total. The Bertz CT molecular complexity index is 272. The van der Waals surface area contributed by atoms with E-state index in [9.17, 15) is 9.90 Å². The molecule has 0 aromatic carbocycles. The highest BCUT2D eigenvalue weighted by atomic mass is 16.5. The molecule has 1 fully saturated rings. The van der Waals surface area contributed by atoms with E-state index in [2.05, 4.69) is 4.90 Å². The van der Waals surface area contributed by atoms with Crippen LogP contribution in [-0.4, -0.2) is 67.5 Å². The molecule has 0 aliphatic carbocycles. The fraction of sp³-hybridized carbons (Fsp3) is 0.929. The van der Waals surface area contributed by atoms with Crippen LogP contribution >= 0.6 is 0 Å². The van der Waals surface area contributed by atoms with Gasteiger partial charge in [0.05, 0.1) is 25.4 Å². The standard InChI is InChI=1S/C14H27NO4/c1-11(16)7-13-5-4-6-15(13)8-14(17)10-19-12(2)9-18-3/h12-14,17H,4-10H2,1-3H3. The van der Waals surface area contributed by atoms with Gasteiger partial charge >= 0.3 is 0 Å². The van der Waals surface area contributed by atoms with E-state index < -0.39 is 6.10 Å². The molecule has 112 valence electrons. The predicted molar refractivity (Wildman–Crippen MR) is 73.2 cm³/mol. The largest absolute Gasteiger partial charge is 0.389 e. The van der Waals surface area contributed by atoms with Crippen molar-refractivity contribution in [1.82, 2.24) is 4.90 Å². The van der Waals surface area contributed by atoms with E-state index in [4.69, 9.17) is 9.47 Å². The van der Waals surface area contributed by atoms with E-state index in [0.717, 1.165) is 19.4 Å². The van der Waals surface area contributed by atoms with Crippen molar-refractivity contribution < 1.29 is 19.4 Å². The van der Waals surface area contributed by atoms with E-state index in [1.807, 2.05) is 6.92 Å². The zero-order valence-corrected chi connectivity index (χ0v) is 12.3. The maximum absolute atomic E-state index is 11.2. The third-order valence-corrected chi connectivity index (χ3v) is 3.44. The van der Waals surface area contributed by atoms with Crippen molar-refractivity contribution in [3.05, 3.63) is 0 Å². The second-order valence-electron chi connectivity index (χ2n) is 5.45. The summed E-state index contributed by atoms with van der Waals surface area (Å²) in [4.78, 5) is 13.4. The number of ketones is 1. The molecule has 1 aliphatic rings. The van der Waals surface area contributed by atoms with E-state index in [1.165, 1.54) is 0 Å². The first-order chi connectivity index (χ1) is 9.02. The lowest BCUT2D eigenvalue weighted by atomic mass is 10.1. The lowest BCUT2D eigenvalue weighted by Gasteiger charge is -2.26. The van der Waals surface area contributed by atoms with Crippen molar-refractivity contribution in [2.75, 3.05) is 33.4 Å². The van der Waals surface area contributed by atoms with Gasteiger partial charge in [-0.15, -0.1) is 0 Å². The number of aliphatic hydroxyl groups is 1. The molecule has 5 heteroatoms. The minimum atomic E-state index is -0.508. The van der Waals surface area contributed by atoms with Gasteiger partial charge < -0.3 is 14.6 Å². The Morgan fingerprint density at radius 1 is 1.47 bits per heavy atom. The van der Waals surface area contributed by atoms with Crippen LogP contribution in [0.3, 0.4) is 0 Å². The van der Waals surface area contributed by atoms with Gasteiger partial charge in [0.1, 0.15) is 5.78 Å². The van der Waals surface area contributed by atoms with Gasteiger partial charge in [0, 0.05) is 26.1 Å². The number of carbonyl (C=O) groups excluding carboxylic acids is 1. The third kappa shape index (κ3) is 6.47. The SMILES string of the molecule is COCC(C)OCC(O)CN1CCCC1CC(C)=O. The minimum absolute atomic E-state index is 0.00811. The maximum atomic E-state index is 11.2. The fourth-order valence-corrected chi connectivity index (χ4v) is 2.58. The third-order valence-electron chi connectivity index (χ3n) is 3.44. The lowest BCUT2D eigenvalue weighted by Crippen LogP contribution is -2.39. The van der Waals surface area contributed by atoms with Crippen LogP contribution in [0.5, 0.6) is 0 Å². The van der Waals surface area contributed by atoms with E-state index >= 15 is 0 Å². The molecule has 5 nitrogen and oxygen atoms in total. The summed E-state index contributed by atoms with van der Waals surface area (Å²) in [5.41, 5.74) is 0. The molecule has 3 atom stereocenters. The van der Waals surface area contributed by atoms with Crippen LogP contribution in [-0.2, 0) is 14.3 Å². The molecule has 0 aromatic rings. The molecular formula is C14H27NO4. The van der Waals surface area contributed by atoms with Gasteiger partial charge in [-0.05, 0) is 33.2 Å². The van der Waals surface area contributed by atoms with Crippen LogP contribution in [0, 0.1) is 0 Å². The number of carbonyl (C=O) groups is 1. The van der Waals surface area contributed by atoms with Gasteiger partial charge in [0.2, 0.25) is 0 Å². The number of hydrogen-bond donors (Lipinski definition) is 1. The van der Waals surface area contributed by atoms with Crippen LogP contribution in [0.4, 0.5) is 0 Å². The second kappa shape index (κ2) is 8.64. The molecule has 3 unspecified atom stereocenters. The van der Waals surface area contributed by atoms with Gasteiger partial charge in [-0.2, -0.15) is 0 Å². The summed E-state index contributed by atoms with van der Waals surface area (Å²) in [6.07, 6.45) is 2.23. The quantitative estimate of drug-likeness (QED) is 0.674. The molecule has 1 saturated heterocycles. The Morgan fingerprint density at radius 2 is 2.21 bits per heavy atom. The van der Waals surface area contributed by atoms with Crippen molar-refractivity contribution in [3.8, 4) is 0 Å². The monoisotopic (exact) mass is 273 g/mol. The molecule has 0 aromatic heterocycles. The van der Waals surface area contributed by atoms with Gasteiger partial charge in [-0.3, -0.25) is 9.69 Å². The number of nitrogens with zero attached hydrogens (tertiary/aromatic N) is 1. The first kappa shape index (κ1) is 16.6. The van der Waals surface area contributed by atoms with Crippen molar-refractivity contribution in [1.29, 1.82) is 0 Å². The number of aliphatic hydroxyl groups excluding tert-OH is 1. The van der Waals surface area contributed by atoms with Crippen molar-refractivity contribution >= 4 is 5.78 Å². The summed E-state index contributed by atoms with van der Waals surface area (Å²) in [7, 11) is 1.63. The molecule has 19 heavy (non-hydrogen) atoms. The molecule has 1 heterocycles. The van der Waals surface area contributed by atoms with Crippen LogP contribution < -0.4 is 0 Å². The zero-order chi connectivity index (χ0) is 14.3. The summed E-state index contributed by atoms with van der Waals surface area (Å²) >= 11 is 0. The molecule has 0 amide bonds. The average molecular weight is 273 g/mol. The van der Waals surface area contributed by atoms with Crippen LogP contribution in [0.1, 0.15) is 33.1 Å². The molecule has 1 aliphatic heterocycles. The Labute approximate surface area is 115 Å². The summed E-state index contributed by atoms with van der Waals surface area (Å²) in [6.45, 7) is 5.94. The van der Waals surface area contributed by atoms with Crippen LogP contribution in [0.25, 0.3) is 0 Å². The number of Topliss-reactive ketones (excluding diaryl/α,β-unsaturated/α-hetero) is 1. The molecule has 0 saturated carbocycles. The predicted octanol–water partition coefficient (Wildman–Crippen LogP) is 0.842. The Balaban J connectivity index is 2.26. The maximum Gasteiger partial charge on any atom is 0.131 e. The first-order valence-electron chi connectivity index (χ1n) is 7.05. The van der Waals surface area contributed by atoms with Gasteiger partial charge in [-0.25, -0.2) is 0 Å². The fourth-order valence-electron chi connectivity index (χ4n) is 2.58. The molecule has 0 radical (unpaired) electrons. The average Bonchev–Trinajstić information content (AvgIpc) is 2.73.